The zero-order chi connectivity index (χ0) is 15.2. The fourth-order valence-electron chi connectivity index (χ4n) is 1.87. The Morgan fingerprint density at radius 2 is 1.95 bits per heavy atom. The molecule has 0 amide bonds. The van der Waals surface area contributed by atoms with Crippen LogP contribution in [0.4, 0.5) is 0 Å². The van der Waals surface area contributed by atoms with Crippen molar-refractivity contribution < 1.29 is 19.0 Å². The maximum Gasteiger partial charge on any atom is 0.342 e. The van der Waals surface area contributed by atoms with Gasteiger partial charge in [0.25, 0.3) is 0 Å². The SMILES string of the molecule is COc1ccc(C(=O)O[C@H](C)c2ccccn2)c(OC)c1. The van der Waals surface area contributed by atoms with E-state index >= 15 is 0 Å². The molecule has 0 aliphatic rings. The average Bonchev–Trinajstić information content (AvgIpc) is 2.54. The second-order valence-electron chi connectivity index (χ2n) is 4.37. The number of hydrogen-bond donors (Lipinski definition) is 0. The minimum Gasteiger partial charge on any atom is -0.497 e. The molecule has 0 N–H and O–H groups in total. The summed E-state index contributed by atoms with van der Waals surface area (Å²) in [7, 11) is 3.05. The van der Waals surface area contributed by atoms with E-state index in [-0.39, 0.29) is 0 Å². The molecule has 0 aliphatic carbocycles. The van der Waals surface area contributed by atoms with Crippen molar-refractivity contribution >= 4 is 5.97 Å². The molecule has 1 heterocycles. The fourth-order valence-corrected chi connectivity index (χ4v) is 1.87. The summed E-state index contributed by atoms with van der Waals surface area (Å²) in [5.74, 6) is 0.557. The summed E-state index contributed by atoms with van der Waals surface area (Å²) in [5.41, 5.74) is 1.04. The molecule has 0 bridgehead atoms. The van der Waals surface area contributed by atoms with Gasteiger partial charge in [-0.25, -0.2) is 4.79 Å². The van der Waals surface area contributed by atoms with E-state index in [4.69, 9.17) is 14.2 Å². The van der Waals surface area contributed by atoms with E-state index in [1.165, 1.54) is 7.11 Å². The van der Waals surface area contributed by atoms with Crippen molar-refractivity contribution in [1.82, 2.24) is 4.98 Å². The van der Waals surface area contributed by atoms with Crippen LogP contribution in [-0.2, 0) is 4.74 Å². The first kappa shape index (κ1) is 14.8. The first-order valence-corrected chi connectivity index (χ1v) is 6.49. The number of ether oxygens (including phenoxy) is 3. The number of carbonyl (C=O) groups excluding carboxylic acids is 1. The van der Waals surface area contributed by atoms with E-state index in [0.29, 0.717) is 22.8 Å². The molecule has 2 rings (SSSR count). The van der Waals surface area contributed by atoms with Crippen LogP contribution in [-0.4, -0.2) is 25.2 Å². The van der Waals surface area contributed by atoms with Gasteiger partial charge in [0.1, 0.15) is 23.2 Å². The number of carbonyl (C=O) groups is 1. The molecule has 110 valence electrons. The maximum absolute atomic E-state index is 12.2. The van der Waals surface area contributed by atoms with Crippen molar-refractivity contribution in [3.63, 3.8) is 0 Å². The lowest BCUT2D eigenvalue weighted by Crippen LogP contribution is -2.11. The molecule has 21 heavy (non-hydrogen) atoms. The van der Waals surface area contributed by atoms with Gasteiger partial charge in [0, 0.05) is 12.3 Å². The van der Waals surface area contributed by atoms with Crippen molar-refractivity contribution in [1.29, 1.82) is 0 Å². The molecule has 1 aromatic carbocycles. The van der Waals surface area contributed by atoms with Crippen LogP contribution < -0.4 is 9.47 Å². The van der Waals surface area contributed by atoms with Crippen molar-refractivity contribution in [3.8, 4) is 11.5 Å². The summed E-state index contributed by atoms with van der Waals surface area (Å²) < 4.78 is 15.7. The Morgan fingerprint density at radius 1 is 1.14 bits per heavy atom. The molecule has 5 heteroatoms. The molecule has 0 saturated heterocycles. The van der Waals surface area contributed by atoms with Gasteiger partial charge in [-0.3, -0.25) is 4.98 Å². The van der Waals surface area contributed by atoms with Crippen LogP contribution in [0, 0.1) is 0 Å². The van der Waals surface area contributed by atoms with Gasteiger partial charge in [-0.2, -0.15) is 0 Å². The van der Waals surface area contributed by atoms with E-state index in [2.05, 4.69) is 4.98 Å². The van der Waals surface area contributed by atoms with Crippen molar-refractivity contribution in [2.45, 2.75) is 13.0 Å². The zero-order valence-electron chi connectivity index (χ0n) is 12.2. The number of benzene rings is 1. The molecular weight excluding hydrogens is 270 g/mol. The highest BCUT2D eigenvalue weighted by molar-refractivity contribution is 5.92. The second kappa shape index (κ2) is 6.74. The molecule has 0 fully saturated rings. The Hall–Kier alpha value is -2.56. The van der Waals surface area contributed by atoms with E-state index in [1.54, 1.807) is 38.4 Å². The first-order chi connectivity index (χ1) is 10.2. The van der Waals surface area contributed by atoms with Crippen LogP contribution in [0.15, 0.2) is 42.6 Å². The van der Waals surface area contributed by atoms with Gasteiger partial charge < -0.3 is 14.2 Å². The lowest BCUT2D eigenvalue weighted by molar-refractivity contribution is 0.0326. The van der Waals surface area contributed by atoms with Crippen LogP contribution in [0.25, 0.3) is 0 Å². The highest BCUT2D eigenvalue weighted by atomic mass is 16.5. The smallest absolute Gasteiger partial charge is 0.342 e. The van der Waals surface area contributed by atoms with E-state index in [0.717, 1.165) is 0 Å². The Kier molecular flexibility index (Phi) is 4.77. The van der Waals surface area contributed by atoms with Crippen LogP contribution in [0.2, 0.25) is 0 Å². The van der Waals surface area contributed by atoms with Gasteiger partial charge in [0.05, 0.1) is 19.9 Å². The number of esters is 1. The second-order valence-corrected chi connectivity index (χ2v) is 4.37. The largest absolute Gasteiger partial charge is 0.497 e. The molecule has 0 unspecified atom stereocenters. The van der Waals surface area contributed by atoms with Gasteiger partial charge in [-0.15, -0.1) is 0 Å². The standard InChI is InChI=1S/C16H17NO4/c1-11(14-6-4-5-9-17-14)21-16(18)13-8-7-12(19-2)10-15(13)20-3/h4-11H,1-3H3/t11-/m1/s1. The van der Waals surface area contributed by atoms with Crippen LogP contribution in [0.3, 0.4) is 0 Å². The molecule has 0 aliphatic heterocycles. The van der Waals surface area contributed by atoms with Gasteiger partial charge in [0.15, 0.2) is 0 Å². The van der Waals surface area contributed by atoms with E-state index in [1.807, 2.05) is 18.2 Å². The number of hydrogen-bond acceptors (Lipinski definition) is 5. The summed E-state index contributed by atoms with van der Waals surface area (Å²) >= 11 is 0. The summed E-state index contributed by atoms with van der Waals surface area (Å²) in [6, 6.07) is 10.4. The third kappa shape index (κ3) is 3.51. The quantitative estimate of drug-likeness (QED) is 0.791. The minimum absolute atomic E-state index is 0.348. The number of aromatic nitrogens is 1. The van der Waals surface area contributed by atoms with Gasteiger partial charge in [0.2, 0.25) is 0 Å². The summed E-state index contributed by atoms with van der Waals surface area (Å²) in [6.07, 6.45) is 1.22. The van der Waals surface area contributed by atoms with Gasteiger partial charge in [-0.1, -0.05) is 6.07 Å². The maximum atomic E-state index is 12.2. The number of pyridine rings is 1. The summed E-state index contributed by atoms with van der Waals surface area (Å²) in [5, 5.41) is 0. The van der Waals surface area contributed by atoms with Crippen molar-refractivity contribution in [3.05, 3.63) is 53.9 Å². The topological polar surface area (TPSA) is 57.7 Å². The lowest BCUT2D eigenvalue weighted by Gasteiger charge is -2.14. The number of nitrogens with zero attached hydrogens (tertiary/aromatic N) is 1. The van der Waals surface area contributed by atoms with Crippen LogP contribution in [0.5, 0.6) is 11.5 Å². The van der Waals surface area contributed by atoms with Gasteiger partial charge >= 0.3 is 5.97 Å². The molecule has 0 saturated carbocycles. The number of rotatable bonds is 5. The number of methoxy groups -OCH3 is 2. The monoisotopic (exact) mass is 287 g/mol. The highest BCUT2D eigenvalue weighted by Crippen LogP contribution is 2.26. The van der Waals surface area contributed by atoms with Gasteiger partial charge in [-0.05, 0) is 31.2 Å². The third-order valence-electron chi connectivity index (χ3n) is 3.02. The Balaban J connectivity index is 2.17. The Labute approximate surface area is 123 Å². The highest BCUT2D eigenvalue weighted by Gasteiger charge is 2.18. The van der Waals surface area contributed by atoms with Crippen LogP contribution in [0.1, 0.15) is 29.1 Å². The van der Waals surface area contributed by atoms with Crippen molar-refractivity contribution in [2.75, 3.05) is 14.2 Å². The third-order valence-corrected chi connectivity index (χ3v) is 3.02. The molecule has 0 radical (unpaired) electrons. The molecule has 0 spiro atoms. The molecule has 1 aromatic heterocycles. The summed E-state index contributed by atoms with van der Waals surface area (Å²) in [4.78, 5) is 16.4. The Morgan fingerprint density at radius 3 is 2.57 bits per heavy atom. The average molecular weight is 287 g/mol. The van der Waals surface area contributed by atoms with Crippen molar-refractivity contribution in [2.24, 2.45) is 0 Å². The normalized spacial score (nSPS) is 11.6. The van der Waals surface area contributed by atoms with Crippen LogP contribution >= 0.6 is 0 Å². The zero-order valence-corrected chi connectivity index (χ0v) is 12.2. The first-order valence-electron chi connectivity index (χ1n) is 6.49. The molecule has 2 aromatic rings. The minimum atomic E-state index is -0.465. The predicted molar refractivity (Wildman–Crippen MR) is 77.6 cm³/mol. The van der Waals surface area contributed by atoms with E-state index in [9.17, 15) is 4.79 Å². The fraction of sp³-hybridized carbons (Fsp3) is 0.250. The Bertz CT molecular complexity index is 613. The lowest BCUT2D eigenvalue weighted by atomic mass is 10.2. The summed E-state index contributed by atoms with van der Waals surface area (Å²) in [6.45, 7) is 1.77. The molecular formula is C16H17NO4. The molecule has 1 atom stereocenters. The molecule has 5 nitrogen and oxygen atoms in total. The predicted octanol–water partition coefficient (Wildman–Crippen LogP) is 3.02. The van der Waals surface area contributed by atoms with E-state index < -0.39 is 12.1 Å².